The minimum Gasteiger partial charge on any atom is -0.478 e. The predicted octanol–water partition coefficient (Wildman–Crippen LogP) is 2.11. The number of aromatic carboxylic acids is 1. The van der Waals surface area contributed by atoms with Gasteiger partial charge in [0.2, 0.25) is 0 Å². The van der Waals surface area contributed by atoms with Crippen LogP contribution >= 0.6 is 11.8 Å². The fourth-order valence-corrected chi connectivity index (χ4v) is 4.24. The molecule has 2 N–H and O–H groups in total. The van der Waals surface area contributed by atoms with E-state index in [4.69, 9.17) is 0 Å². The second-order valence-electron chi connectivity index (χ2n) is 6.56. The number of anilines is 1. The molecule has 152 valence electrons. The maximum absolute atomic E-state index is 12.7. The van der Waals surface area contributed by atoms with Gasteiger partial charge in [-0.3, -0.25) is 29.0 Å². The molecular formula is C20H15N3O6S. The number of rotatable bonds is 6. The predicted molar refractivity (Wildman–Crippen MR) is 107 cm³/mol. The van der Waals surface area contributed by atoms with Gasteiger partial charge in [-0.05, 0) is 36.0 Å². The van der Waals surface area contributed by atoms with Crippen molar-refractivity contribution >= 4 is 46.4 Å². The molecule has 0 radical (unpaired) electrons. The van der Waals surface area contributed by atoms with Crippen molar-refractivity contribution in [2.24, 2.45) is 0 Å². The number of hydrogen-bond donors (Lipinski definition) is 2. The highest BCUT2D eigenvalue weighted by molar-refractivity contribution is 8.15. The highest BCUT2D eigenvalue weighted by Crippen LogP contribution is 2.30. The summed E-state index contributed by atoms with van der Waals surface area (Å²) in [7, 11) is 0. The molecule has 10 heteroatoms. The molecule has 0 unspecified atom stereocenters. The van der Waals surface area contributed by atoms with Crippen LogP contribution in [0.3, 0.4) is 0 Å². The van der Waals surface area contributed by atoms with Gasteiger partial charge in [0.05, 0.1) is 16.7 Å². The highest BCUT2D eigenvalue weighted by Gasteiger charge is 2.42. The molecule has 0 aliphatic carbocycles. The summed E-state index contributed by atoms with van der Waals surface area (Å²) in [6, 6.07) is 12.5. The van der Waals surface area contributed by atoms with Crippen molar-refractivity contribution in [2.75, 3.05) is 18.4 Å². The molecule has 0 spiro atoms. The van der Waals surface area contributed by atoms with E-state index in [1.165, 1.54) is 12.1 Å². The Bertz CT molecular complexity index is 1070. The second-order valence-corrected chi connectivity index (χ2v) is 7.61. The monoisotopic (exact) mass is 425 g/mol. The van der Waals surface area contributed by atoms with Crippen LogP contribution in [-0.2, 0) is 4.79 Å². The van der Waals surface area contributed by atoms with Crippen LogP contribution in [0.1, 0.15) is 31.1 Å². The maximum Gasteiger partial charge on any atom is 0.337 e. The van der Waals surface area contributed by atoms with Crippen molar-refractivity contribution in [3.05, 3.63) is 65.2 Å². The Labute approximate surface area is 174 Å². The first-order chi connectivity index (χ1) is 14.4. The van der Waals surface area contributed by atoms with Crippen molar-refractivity contribution in [1.82, 2.24) is 9.80 Å². The van der Waals surface area contributed by atoms with Crippen molar-refractivity contribution in [1.29, 1.82) is 0 Å². The molecule has 30 heavy (non-hydrogen) atoms. The summed E-state index contributed by atoms with van der Waals surface area (Å²) in [5.41, 5.74) is 0.773. The first-order valence-corrected chi connectivity index (χ1v) is 9.82. The van der Waals surface area contributed by atoms with E-state index in [0.717, 1.165) is 9.80 Å². The number of imide groups is 2. The van der Waals surface area contributed by atoms with Gasteiger partial charge >= 0.3 is 5.97 Å². The lowest BCUT2D eigenvalue weighted by molar-refractivity contribution is -0.126. The zero-order valence-corrected chi connectivity index (χ0v) is 16.2. The summed E-state index contributed by atoms with van der Waals surface area (Å²) in [5.74, 6) is -2.66. The Hall–Kier alpha value is -3.66. The van der Waals surface area contributed by atoms with Crippen molar-refractivity contribution < 1.29 is 29.1 Å². The van der Waals surface area contributed by atoms with Crippen LogP contribution in [0.15, 0.2) is 48.5 Å². The third kappa shape index (κ3) is 3.30. The Kier molecular flexibility index (Phi) is 5.00. The molecular weight excluding hydrogens is 410 g/mol. The molecule has 2 heterocycles. The number of carbonyl (C=O) groups is 5. The Morgan fingerprint density at radius 1 is 0.900 bits per heavy atom. The number of benzene rings is 2. The molecule has 0 bridgehead atoms. The van der Waals surface area contributed by atoms with E-state index in [-0.39, 0.29) is 24.3 Å². The van der Waals surface area contributed by atoms with Crippen molar-refractivity contribution in [3.8, 4) is 0 Å². The minimum absolute atomic E-state index is 0.0252. The van der Waals surface area contributed by atoms with Crippen LogP contribution in [0.25, 0.3) is 0 Å². The Balaban J connectivity index is 1.44. The second kappa shape index (κ2) is 7.64. The van der Waals surface area contributed by atoms with Gasteiger partial charge in [-0.2, -0.15) is 0 Å². The van der Waals surface area contributed by atoms with Gasteiger partial charge in [-0.25, -0.2) is 4.79 Å². The number of fused-ring (bicyclic) bond motifs is 1. The highest BCUT2D eigenvalue weighted by atomic mass is 32.2. The first kappa shape index (κ1) is 19.6. The maximum atomic E-state index is 12.7. The normalized spacial score (nSPS) is 18.2. The fourth-order valence-electron chi connectivity index (χ4n) is 3.32. The van der Waals surface area contributed by atoms with Crippen molar-refractivity contribution in [2.45, 2.75) is 5.37 Å². The molecule has 0 saturated carbocycles. The largest absolute Gasteiger partial charge is 0.478 e. The molecule has 2 aromatic carbocycles. The molecule has 1 atom stereocenters. The Morgan fingerprint density at radius 2 is 1.47 bits per heavy atom. The van der Waals surface area contributed by atoms with Crippen LogP contribution in [-0.4, -0.2) is 62.3 Å². The summed E-state index contributed by atoms with van der Waals surface area (Å²) in [4.78, 5) is 63.1. The van der Waals surface area contributed by atoms with Gasteiger partial charge in [0, 0.05) is 18.8 Å². The number of hydrogen-bond acceptors (Lipinski definition) is 7. The number of carboxylic acid groups (broad SMARTS) is 1. The van der Waals surface area contributed by atoms with Crippen LogP contribution in [0.5, 0.6) is 0 Å². The summed E-state index contributed by atoms with van der Waals surface area (Å²) in [5, 5.41) is 10.5. The topological polar surface area (TPSA) is 124 Å². The number of para-hydroxylation sites is 1. The van der Waals surface area contributed by atoms with E-state index in [9.17, 15) is 29.1 Å². The van der Waals surface area contributed by atoms with Crippen LogP contribution in [0.2, 0.25) is 0 Å². The van der Waals surface area contributed by atoms with Crippen LogP contribution in [0, 0.1) is 0 Å². The molecule has 2 aliphatic heterocycles. The molecule has 4 amide bonds. The number of nitrogens with zero attached hydrogens (tertiary/aromatic N) is 2. The van der Waals surface area contributed by atoms with E-state index < -0.39 is 34.3 Å². The lowest BCUT2D eigenvalue weighted by atomic mass is 10.1. The van der Waals surface area contributed by atoms with Gasteiger partial charge in [-0.1, -0.05) is 24.3 Å². The number of carboxylic acids is 1. The molecule has 0 aromatic heterocycles. The molecule has 4 rings (SSSR count). The third-order valence-corrected chi connectivity index (χ3v) is 5.78. The fraction of sp³-hybridized carbons (Fsp3) is 0.150. The van der Waals surface area contributed by atoms with E-state index >= 15 is 0 Å². The van der Waals surface area contributed by atoms with Gasteiger partial charge in [0.15, 0.2) is 5.37 Å². The van der Waals surface area contributed by atoms with Gasteiger partial charge in [0.25, 0.3) is 23.0 Å². The molecule has 9 nitrogen and oxygen atoms in total. The van der Waals surface area contributed by atoms with E-state index in [0.29, 0.717) is 22.9 Å². The first-order valence-electron chi connectivity index (χ1n) is 8.94. The van der Waals surface area contributed by atoms with Crippen LogP contribution < -0.4 is 5.32 Å². The van der Waals surface area contributed by atoms with Gasteiger partial charge in [-0.15, -0.1) is 0 Å². The number of nitrogens with one attached hydrogen (secondary N) is 1. The summed E-state index contributed by atoms with van der Waals surface area (Å²) in [6.45, 7) is -0.266. The summed E-state index contributed by atoms with van der Waals surface area (Å²) < 4.78 is 0. The van der Waals surface area contributed by atoms with Crippen LogP contribution in [0.4, 0.5) is 10.5 Å². The van der Waals surface area contributed by atoms with E-state index in [1.807, 2.05) is 0 Å². The van der Waals surface area contributed by atoms with Crippen molar-refractivity contribution in [3.63, 3.8) is 0 Å². The average Bonchev–Trinajstić information content (AvgIpc) is 3.14. The molecule has 2 aliphatic rings. The van der Waals surface area contributed by atoms with E-state index in [1.54, 1.807) is 36.4 Å². The van der Waals surface area contributed by atoms with Gasteiger partial charge in [0.1, 0.15) is 0 Å². The SMILES string of the molecule is O=C(O)c1ccccc1N[C@@H]1SC(=O)N(CCN2C(=O)c3ccccc3C2=O)C1=O. The van der Waals surface area contributed by atoms with E-state index in [2.05, 4.69) is 5.32 Å². The zero-order chi connectivity index (χ0) is 21.4. The number of amides is 4. The zero-order valence-electron chi connectivity index (χ0n) is 15.4. The standard InChI is InChI=1S/C20H15N3O6S/c24-16-11-5-1-2-6-12(11)17(25)22(16)9-10-23-18(26)15(30-20(23)29)21-14-8-4-3-7-13(14)19(27)28/h1-8,15,21H,9-10H2,(H,27,28)/t15-/m1/s1. The number of carbonyl (C=O) groups excluding carboxylic acids is 4. The molecule has 1 saturated heterocycles. The molecule has 2 aromatic rings. The third-order valence-electron chi connectivity index (χ3n) is 4.80. The smallest absolute Gasteiger partial charge is 0.337 e. The lowest BCUT2D eigenvalue weighted by Gasteiger charge is -2.19. The summed E-state index contributed by atoms with van der Waals surface area (Å²) >= 11 is 0.713. The number of thioether (sulfide) groups is 1. The molecule has 1 fully saturated rings. The quantitative estimate of drug-likeness (QED) is 0.675. The van der Waals surface area contributed by atoms with Gasteiger partial charge < -0.3 is 10.4 Å². The average molecular weight is 425 g/mol. The summed E-state index contributed by atoms with van der Waals surface area (Å²) in [6.07, 6.45) is 0. The Morgan fingerprint density at radius 3 is 2.10 bits per heavy atom. The minimum atomic E-state index is -1.16. The lowest BCUT2D eigenvalue weighted by Crippen LogP contribution is -2.42.